The summed E-state index contributed by atoms with van der Waals surface area (Å²) in [6.07, 6.45) is 2.41. The number of hydrogen-bond donors (Lipinski definition) is 1. The molecule has 1 heterocycles. The third-order valence-electron chi connectivity index (χ3n) is 5.21. The van der Waals surface area contributed by atoms with Crippen LogP contribution in [-0.2, 0) is 5.41 Å². The van der Waals surface area contributed by atoms with Gasteiger partial charge >= 0.3 is 16.5 Å². The van der Waals surface area contributed by atoms with Crippen molar-refractivity contribution in [2.45, 2.75) is 44.9 Å². The lowest BCUT2D eigenvalue weighted by molar-refractivity contribution is 0.224. The fraction of sp³-hybridized carbons (Fsp3) is 0.727. The quantitative estimate of drug-likeness (QED) is 0.644. The molecule has 0 aromatic carbocycles. The van der Waals surface area contributed by atoms with Crippen LogP contribution >= 0.6 is 0 Å². The predicted molar refractivity (Wildman–Crippen MR) is 62.1 cm³/mol. The van der Waals surface area contributed by atoms with Gasteiger partial charge in [-0.2, -0.15) is 0 Å². The van der Waals surface area contributed by atoms with Gasteiger partial charge in [-0.25, -0.2) is 0 Å². The summed E-state index contributed by atoms with van der Waals surface area (Å²) in [5.41, 5.74) is 3.04. The third-order valence-corrected chi connectivity index (χ3v) is 5.84. The molecule has 2 atom stereocenters. The Morgan fingerprint density at radius 1 is 1.47 bits per heavy atom. The van der Waals surface area contributed by atoms with Gasteiger partial charge in [0.2, 0.25) is 5.56 Å². The van der Waals surface area contributed by atoms with E-state index in [9.17, 15) is 4.79 Å². The highest BCUT2D eigenvalue weighted by Crippen LogP contribution is 2.66. The van der Waals surface area contributed by atoms with Crippen LogP contribution in [0.3, 0.4) is 0 Å². The van der Waals surface area contributed by atoms with Gasteiger partial charge in [0.1, 0.15) is 0 Å². The van der Waals surface area contributed by atoms with Gasteiger partial charge in [-0.05, 0) is 24.2 Å². The van der Waals surface area contributed by atoms with E-state index >= 15 is 0 Å². The number of fused-ring (bicyclic) bond motifs is 5. The van der Waals surface area contributed by atoms with Gasteiger partial charge in [0.15, 0.2) is 0 Å². The first-order chi connectivity index (χ1) is 6.89. The molecule has 3 rings (SSSR count). The first kappa shape index (κ1) is 9.75. The zero-order valence-corrected chi connectivity index (χ0v) is 11.8. The Morgan fingerprint density at radius 2 is 2.13 bits per heavy atom. The van der Waals surface area contributed by atoms with Crippen LogP contribution in [0.25, 0.3) is 0 Å². The molecule has 1 fully saturated rings. The Morgan fingerprint density at radius 3 is 2.73 bits per heavy atom. The highest BCUT2D eigenvalue weighted by atomic mass is 27.1. The van der Waals surface area contributed by atoms with Crippen LogP contribution in [0.4, 0.5) is 0 Å². The van der Waals surface area contributed by atoms with E-state index in [1.54, 1.807) is 3.67 Å². The van der Waals surface area contributed by atoms with Gasteiger partial charge in [-0.3, -0.25) is 4.79 Å². The average molecular weight is 220 g/mol. The Hall–Kier alpha value is -0.458. The van der Waals surface area contributed by atoms with Crippen LogP contribution in [0.15, 0.2) is 4.79 Å². The SMILES string of the molecule is CC12CCC(c3c1[nH][n]([AlH2])c3=O)C2(C)C. The summed E-state index contributed by atoms with van der Waals surface area (Å²) < 4.78 is 1.77. The van der Waals surface area contributed by atoms with Gasteiger partial charge in [-0.15, -0.1) is 0 Å². The summed E-state index contributed by atoms with van der Waals surface area (Å²) in [6.45, 7) is 6.95. The van der Waals surface area contributed by atoms with Gasteiger partial charge < -0.3 is 8.76 Å². The highest BCUT2D eigenvalue weighted by molar-refractivity contribution is 6.05. The zero-order chi connectivity index (χ0) is 11.0. The summed E-state index contributed by atoms with van der Waals surface area (Å²) in [5.74, 6) is 0.483. The molecule has 2 aliphatic rings. The minimum Gasteiger partial charge on any atom is -0.359 e. The molecule has 80 valence electrons. The molecule has 1 aromatic rings. The Balaban J connectivity index is 2.37. The number of nitrogens with zero attached hydrogens (tertiary/aromatic N) is 1. The van der Waals surface area contributed by atoms with Crippen LogP contribution in [0.5, 0.6) is 0 Å². The second-order valence-electron chi connectivity index (χ2n) is 5.91. The molecule has 1 saturated carbocycles. The summed E-state index contributed by atoms with van der Waals surface area (Å²) >= 11 is 0.765. The van der Waals surface area contributed by atoms with Crippen LogP contribution in [-0.4, -0.2) is 25.3 Å². The molecule has 0 spiro atoms. The second-order valence-corrected chi connectivity index (χ2v) is 6.80. The van der Waals surface area contributed by atoms with Crippen molar-refractivity contribution in [1.29, 1.82) is 0 Å². The second kappa shape index (κ2) is 2.44. The molecule has 0 aliphatic heterocycles. The third kappa shape index (κ3) is 0.833. The van der Waals surface area contributed by atoms with Crippen LogP contribution in [0.2, 0.25) is 0 Å². The molecule has 15 heavy (non-hydrogen) atoms. The van der Waals surface area contributed by atoms with Crippen molar-refractivity contribution in [2.75, 3.05) is 0 Å². The minimum absolute atomic E-state index is 0.196. The Labute approximate surface area is 97.5 Å². The average Bonchev–Trinajstić information content (AvgIpc) is 2.61. The molecule has 0 amide bonds. The first-order valence-corrected chi connectivity index (χ1v) is 6.58. The maximum Gasteiger partial charge on any atom is 0.400 e. The number of aromatic amines is 1. The standard InChI is InChI=1S/C11H16N2O.Al.2H/c1-10(2)6-4-5-11(10,3)8-7(6)9(14)13-12-8;;;/h6H,4-5H2,1-3H3,(H2,12,13,14);;;/q;+1;;/p-1. The monoisotopic (exact) mass is 220 g/mol. The van der Waals surface area contributed by atoms with Crippen LogP contribution in [0.1, 0.15) is 50.8 Å². The first-order valence-electron chi connectivity index (χ1n) is 5.69. The molecule has 1 N–H and O–H groups in total. The van der Waals surface area contributed by atoms with E-state index in [0.717, 1.165) is 22.1 Å². The number of hydrogen-bond acceptors (Lipinski definition) is 1. The van der Waals surface area contributed by atoms with E-state index in [1.807, 2.05) is 0 Å². The Kier molecular flexibility index (Phi) is 1.59. The molecule has 2 aliphatic carbocycles. The van der Waals surface area contributed by atoms with E-state index in [4.69, 9.17) is 0 Å². The maximum absolute atomic E-state index is 12.0. The van der Waals surface area contributed by atoms with Crippen molar-refractivity contribution in [2.24, 2.45) is 5.41 Å². The molecule has 4 heteroatoms. The smallest absolute Gasteiger partial charge is 0.359 e. The lowest BCUT2D eigenvalue weighted by Gasteiger charge is -2.34. The number of nitrogens with one attached hydrogen (secondary N) is 1. The fourth-order valence-corrected chi connectivity index (χ4v) is 4.23. The number of rotatable bonds is 0. The molecular weight excluding hydrogens is 203 g/mol. The van der Waals surface area contributed by atoms with E-state index in [0.29, 0.717) is 5.92 Å². The topological polar surface area (TPSA) is 37.8 Å². The molecule has 1 aromatic heterocycles. The van der Waals surface area contributed by atoms with E-state index in [1.165, 1.54) is 18.5 Å². The Bertz CT molecular complexity index is 499. The van der Waals surface area contributed by atoms with Gasteiger partial charge in [0, 0.05) is 16.7 Å². The predicted octanol–water partition coefficient (Wildman–Crippen LogP) is 0.747. The van der Waals surface area contributed by atoms with Crippen molar-refractivity contribution in [3.63, 3.8) is 0 Å². The van der Waals surface area contributed by atoms with E-state index in [-0.39, 0.29) is 16.4 Å². The molecule has 0 radical (unpaired) electrons. The van der Waals surface area contributed by atoms with Gasteiger partial charge in [0.05, 0.1) is 0 Å². The summed E-state index contributed by atoms with van der Waals surface area (Å²) in [7, 11) is 0. The van der Waals surface area contributed by atoms with Crippen molar-refractivity contribution < 1.29 is 0 Å². The molecule has 0 saturated heterocycles. The molecule has 3 nitrogen and oxygen atoms in total. The lowest BCUT2D eigenvalue weighted by atomic mass is 9.70. The maximum atomic E-state index is 12.0. The van der Waals surface area contributed by atoms with Crippen molar-refractivity contribution in [3.8, 4) is 0 Å². The van der Waals surface area contributed by atoms with Crippen molar-refractivity contribution >= 4 is 16.5 Å². The van der Waals surface area contributed by atoms with Crippen LogP contribution < -0.4 is 5.56 Å². The zero-order valence-electron chi connectivity index (χ0n) is 9.85. The normalized spacial score (nSPS) is 35.8. The van der Waals surface area contributed by atoms with Crippen LogP contribution in [0, 0.1) is 5.41 Å². The summed E-state index contributed by atoms with van der Waals surface area (Å²) in [4.78, 5) is 12.0. The highest BCUT2D eigenvalue weighted by Gasteiger charge is 2.61. The van der Waals surface area contributed by atoms with Gasteiger partial charge in [-0.1, -0.05) is 20.8 Å². The van der Waals surface area contributed by atoms with Crippen molar-refractivity contribution in [1.82, 2.24) is 8.76 Å². The summed E-state index contributed by atoms with van der Waals surface area (Å²) in [6, 6.07) is 0. The lowest BCUT2D eigenvalue weighted by Crippen LogP contribution is -2.33. The fourth-order valence-electron chi connectivity index (χ4n) is 3.76. The van der Waals surface area contributed by atoms with E-state index in [2.05, 4.69) is 25.9 Å². The molecule has 2 bridgehead atoms. The largest absolute Gasteiger partial charge is 0.400 e. The number of H-pyrrole nitrogens is 1. The summed E-state index contributed by atoms with van der Waals surface area (Å²) in [5, 5.41) is 3.32. The molecule has 2 unspecified atom stereocenters. The van der Waals surface area contributed by atoms with Crippen molar-refractivity contribution in [3.05, 3.63) is 21.6 Å². The minimum atomic E-state index is 0.196. The van der Waals surface area contributed by atoms with Gasteiger partial charge in [0.25, 0.3) is 0 Å². The van der Waals surface area contributed by atoms with E-state index < -0.39 is 0 Å². The number of aromatic nitrogens is 2. The molecular formula is C11H17AlN2O.